The van der Waals surface area contributed by atoms with Gasteiger partial charge in [-0.25, -0.2) is 13.4 Å². The number of sulfone groups is 1. The lowest BCUT2D eigenvalue weighted by Crippen LogP contribution is -2.37. The van der Waals surface area contributed by atoms with Crippen molar-refractivity contribution in [2.24, 2.45) is 0 Å². The Bertz CT molecular complexity index is 2060. The quantitative estimate of drug-likeness (QED) is 0.125. The van der Waals surface area contributed by atoms with E-state index < -0.39 is 21.3 Å². The first-order valence-electron chi connectivity index (χ1n) is 16.0. The summed E-state index contributed by atoms with van der Waals surface area (Å²) in [5.41, 5.74) is 2.80. The Hall–Kier alpha value is -5.71. The van der Waals surface area contributed by atoms with Crippen molar-refractivity contribution in [1.82, 2.24) is 9.55 Å². The number of hydrogen-bond acceptors (Lipinski definition) is 7. The number of imidazole rings is 1. The molecule has 0 unspecified atom stereocenters. The molecule has 1 aromatic heterocycles. The van der Waals surface area contributed by atoms with Gasteiger partial charge in [0.25, 0.3) is 5.91 Å². The molecular weight excluding hydrogens is 651 g/mol. The van der Waals surface area contributed by atoms with Crippen LogP contribution in [-0.2, 0) is 20.1 Å². The number of carbonyl (C=O) groups excluding carboxylic acids is 1. The number of aromatic nitrogens is 2. The number of nitrogens with one attached hydrogen (secondary N) is 1. The Morgan fingerprint density at radius 2 is 1.32 bits per heavy atom. The van der Waals surface area contributed by atoms with Crippen LogP contribution in [0.3, 0.4) is 0 Å². The third kappa shape index (κ3) is 7.46. The number of nitrogens with zero attached hydrogens (tertiary/aromatic N) is 2. The Balaban J connectivity index is 1.35. The maximum atomic E-state index is 13.9. The molecule has 1 amide bonds. The molecule has 6 aromatic rings. The summed E-state index contributed by atoms with van der Waals surface area (Å²) in [5.74, 6) is 0.792. The lowest BCUT2D eigenvalue weighted by Gasteiger charge is -2.37. The number of ether oxygens (including phenoxy) is 3. The summed E-state index contributed by atoms with van der Waals surface area (Å²) >= 11 is 0. The van der Waals surface area contributed by atoms with Crippen LogP contribution in [0, 0.1) is 0 Å². The average Bonchev–Trinajstić information content (AvgIpc) is 3.61. The number of carbonyl (C=O) groups is 1. The fourth-order valence-corrected chi connectivity index (χ4v) is 6.60. The number of benzene rings is 5. The van der Waals surface area contributed by atoms with Gasteiger partial charge in [0.15, 0.2) is 9.84 Å². The second-order valence-corrected chi connectivity index (χ2v) is 13.9. The highest BCUT2D eigenvalue weighted by Crippen LogP contribution is 2.41. The molecule has 0 radical (unpaired) electrons. The smallest absolute Gasteiger partial charge is 0.275 e. The molecule has 5 aromatic carbocycles. The third-order valence-corrected chi connectivity index (χ3v) is 9.27. The van der Waals surface area contributed by atoms with Gasteiger partial charge in [-0.3, -0.25) is 4.79 Å². The number of rotatable bonds is 13. The SMILES string of the molecule is COC[C@H](C)Oc1cc(NC(=O)c2cn(C(c3ccccc3)(c3ccccc3)c3ccccc3)cn2)cc(Oc2ccc(S(C)(=O)=O)cc2)c1. The molecule has 0 saturated carbocycles. The largest absolute Gasteiger partial charge is 0.488 e. The van der Waals surface area contributed by atoms with Crippen molar-refractivity contribution in [1.29, 1.82) is 0 Å². The zero-order chi connectivity index (χ0) is 35.1. The van der Waals surface area contributed by atoms with Crippen LogP contribution in [0.15, 0.2) is 151 Å². The number of methoxy groups -OCH3 is 1. The molecule has 254 valence electrons. The minimum atomic E-state index is -3.36. The normalized spacial score (nSPS) is 12.2. The van der Waals surface area contributed by atoms with Crippen LogP contribution in [0.5, 0.6) is 17.2 Å². The highest BCUT2D eigenvalue weighted by atomic mass is 32.2. The Labute approximate surface area is 292 Å². The molecule has 1 heterocycles. The molecule has 1 atom stereocenters. The Morgan fingerprint density at radius 3 is 1.84 bits per heavy atom. The average molecular weight is 688 g/mol. The van der Waals surface area contributed by atoms with Gasteiger partial charge in [-0.1, -0.05) is 91.0 Å². The lowest BCUT2D eigenvalue weighted by molar-refractivity contribution is 0.0920. The molecule has 0 aliphatic carbocycles. The van der Waals surface area contributed by atoms with Gasteiger partial charge in [0.05, 0.1) is 17.8 Å². The highest BCUT2D eigenvalue weighted by molar-refractivity contribution is 7.90. The van der Waals surface area contributed by atoms with Crippen molar-refractivity contribution in [3.8, 4) is 17.2 Å². The van der Waals surface area contributed by atoms with Crippen LogP contribution in [0.25, 0.3) is 0 Å². The molecule has 0 spiro atoms. The predicted octanol–water partition coefficient (Wildman–Crippen LogP) is 7.59. The van der Waals surface area contributed by atoms with Gasteiger partial charge in [0.1, 0.15) is 34.6 Å². The summed E-state index contributed by atoms with van der Waals surface area (Å²) in [6.07, 6.45) is 4.30. The van der Waals surface area contributed by atoms with Crippen molar-refractivity contribution >= 4 is 21.4 Å². The van der Waals surface area contributed by atoms with Crippen molar-refractivity contribution in [2.45, 2.75) is 23.5 Å². The minimum absolute atomic E-state index is 0.179. The first kappa shape index (κ1) is 34.2. The number of amides is 1. The second-order valence-electron chi connectivity index (χ2n) is 11.9. The zero-order valence-corrected chi connectivity index (χ0v) is 28.7. The van der Waals surface area contributed by atoms with Crippen LogP contribution >= 0.6 is 0 Å². The Morgan fingerprint density at radius 1 is 0.780 bits per heavy atom. The van der Waals surface area contributed by atoms with E-state index in [1.165, 1.54) is 12.1 Å². The number of anilines is 1. The molecule has 0 fully saturated rings. The first-order valence-corrected chi connectivity index (χ1v) is 17.9. The van der Waals surface area contributed by atoms with Gasteiger partial charge in [-0.05, 0) is 47.9 Å². The summed E-state index contributed by atoms with van der Waals surface area (Å²) in [6.45, 7) is 2.22. The number of hydrogen-bond donors (Lipinski definition) is 1. The molecule has 9 nitrogen and oxygen atoms in total. The van der Waals surface area contributed by atoms with Crippen LogP contribution in [0.4, 0.5) is 5.69 Å². The van der Waals surface area contributed by atoms with Crippen molar-refractivity contribution in [3.05, 3.63) is 168 Å². The van der Waals surface area contributed by atoms with Crippen LogP contribution in [0.2, 0.25) is 0 Å². The van der Waals surface area contributed by atoms with E-state index >= 15 is 0 Å². The summed E-state index contributed by atoms with van der Waals surface area (Å²) in [4.78, 5) is 18.6. The summed E-state index contributed by atoms with van der Waals surface area (Å²) in [6, 6.07) is 41.6. The van der Waals surface area contributed by atoms with E-state index in [1.807, 2.05) is 66.1 Å². The lowest BCUT2D eigenvalue weighted by atomic mass is 9.77. The van der Waals surface area contributed by atoms with Crippen LogP contribution in [-0.4, -0.2) is 50.0 Å². The molecule has 50 heavy (non-hydrogen) atoms. The molecule has 0 bridgehead atoms. The zero-order valence-electron chi connectivity index (χ0n) is 27.9. The van der Waals surface area contributed by atoms with Gasteiger partial charge >= 0.3 is 0 Å². The van der Waals surface area contributed by atoms with E-state index in [-0.39, 0.29) is 16.7 Å². The summed E-state index contributed by atoms with van der Waals surface area (Å²) in [5, 5.41) is 2.96. The van der Waals surface area contributed by atoms with E-state index in [0.717, 1.165) is 22.9 Å². The van der Waals surface area contributed by atoms with Crippen molar-refractivity contribution < 1.29 is 27.4 Å². The summed E-state index contributed by atoms with van der Waals surface area (Å²) in [7, 11) is -1.77. The molecule has 6 rings (SSSR count). The first-order chi connectivity index (χ1) is 24.2. The van der Waals surface area contributed by atoms with Gasteiger partial charge < -0.3 is 24.1 Å². The van der Waals surface area contributed by atoms with E-state index in [2.05, 4.69) is 46.7 Å². The van der Waals surface area contributed by atoms with Crippen molar-refractivity contribution in [2.75, 3.05) is 25.3 Å². The summed E-state index contributed by atoms with van der Waals surface area (Å²) < 4.78 is 43.2. The van der Waals surface area contributed by atoms with E-state index in [4.69, 9.17) is 14.2 Å². The standard InChI is InChI=1S/C40H37N3O6S/c1-29(27-47-2)48-35-23-33(24-36(25-35)49-34-19-21-37(22-20-34)50(3,45)46)42-39(44)38-26-43(28-41-38)40(30-13-7-4-8-14-30,31-15-9-5-10-16-31)32-17-11-6-12-18-32/h4-26,28-29H,27H2,1-3H3,(H,42,44)/t29-/m0/s1. The predicted molar refractivity (Wildman–Crippen MR) is 193 cm³/mol. The van der Waals surface area contributed by atoms with Gasteiger partial charge in [-0.2, -0.15) is 0 Å². The highest BCUT2D eigenvalue weighted by Gasteiger charge is 2.38. The second kappa shape index (κ2) is 14.8. The fourth-order valence-electron chi connectivity index (χ4n) is 5.97. The van der Waals surface area contributed by atoms with Crippen molar-refractivity contribution in [3.63, 3.8) is 0 Å². The van der Waals surface area contributed by atoms with Gasteiger partial charge in [-0.15, -0.1) is 0 Å². The fraction of sp³-hybridized carbons (Fsp3) is 0.150. The van der Waals surface area contributed by atoms with Gasteiger partial charge in [0.2, 0.25) is 0 Å². The topological polar surface area (TPSA) is 109 Å². The van der Waals surface area contributed by atoms with E-state index in [1.54, 1.807) is 50.0 Å². The van der Waals surface area contributed by atoms with E-state index in [9.17, 15) is 13.2 Å². The van der Waals surface area contributed by atoms with Crippen LogP contribution < -0.4 is 14.8 Å². The molecule has 0 aliphatic heterocycles. The molecule has 10 heteroatoms. The molecular formula is C40H37N3O6S. The monoisotopic (exact) mass is 687 g/mol. The van der Waals surface area contributed by atoms with Crippen LogP contribution in [0.1, 0.15) is 34.1 Å². The molecule has 1 N–H and O–H groups in total. The Kier molecular flexibility index (Phi) is 10.1. The van der Waals surface area contributed by atoms with Gasteiger partial charge in [0, 0.05) is 43.4 Å². The molecule has 0 saturated heterocycles. The molecule has 0 aliphatic rings. The minimum Gasteiger partial charge on any atom is -0.488 e. The maximum absolute atomic E-state index is 13.9. The third-order valence-electron chi connectivity index (χ3n) is 8.14. The maximum Gasteiger partial charge on any atom is 0.275 e. The van der Waals surface area contributed by atoms with E-state index in [0.29, 0.717) is 29.5 Å².